The van der Waals surface area contributed by atoms with E-state index >= 15 is 0 Å². The van der Waals surface area contributed by atoms with Gasteiger partial charge in [-0.25, -0.2) is 0 Å². The number of rotatable bonds is 8. The third-order valence-corrected chi connectivity index (χ3v) is 5.33. The van der Waals surface area contributed by atoms with Crippen molar-refractivity contribution in [2.75, 3.05) is 19.0 Å². The molecule has 0 unspecified atom stereocenters. The predicted molar refractivity (Wildman–Crippen MR) is 112 cm³/mol. The molecule has 0 bridgehead atoms. The van der Waals surface area contributed by atoms with Crippen LogP contribution >= 0.6 is 0 Å². The fourth-order valence-electron chi connectivity index (χ4n) is 3.76. The quantitative estimate of drug-likeness (QED) is 0.528. The Balaban J connectivity index is 1.60. The van der Waals surface area contributed by atoms with Gasteiger partial charge in [-0.1, -0.05) is 49.6 Å². The highest BCUT2D eigenvalue weighted by molar-refractivity contribution is 5.92. The second kappa shape index (κ2) is 10.0. The Labute approximate surface area is 170 Å². The van der Waals surface area contributed by atoms with Gasteiger partial charge in [-0.3, -0.25) is 19.8 Å². The number of ether oxygens (including phenoxy) is 1. The Morgan fingerprint density at radius 2 is 1.83 bits per heavy atom. The van der Waals surface area contributed by atoms with Crippen molar-refractivity contribution in [3.63, 3.8) is 0 Å². The first-order valence-corrected chi connectivity index (χ1v) is 9.99. The van der Waals surface area contributed by atoms with Gasteiger partial charge in [0.2, 0.25) is 0 Å². The fourth-order valence-corrected chi connectivity index (χ4v) is 3.76. The zero-order valence-corrected chi connectivity index (χ0v) is 16.7. The van der Waals surface area contributed by atoms with E-state index in [1.54, 1.807) is 12.1 Å². The van der Waals surface area contributed by atoms with Gasteiger partial charge in [0.1, 0.15) is 0 Å². The molecule has 1 N–H and O–H groups in total. The van der Waals surface area contributed by atoms with Crippen molar-refractivity contribution < 1.29 is 14.5 Å². The Morgan fingerprint density at radius 3 is 2.59 bits per heavy atom. The summed E-state index contributed by atoms with van der Waals surface area (Å²) in [4.78, 5) is 25.3. The number of nitrogens with zero attached hydrogens (tertiary/aromatic N) is 2. The van der Waals surface area contributed by atoms with Crippen LogP contribution in [-0.4, -0.2) is 35.4 Å². The normalized spacial score (nSPS) is 14.6. The number of nitrogens with one attached hydrogen (secondary N) is 1. The van der Waals surface area contributed by atoms with Crippen molar-refractivity contribution >= 4 is 17.3 Å². The summed E-state index contributed by atoms with van der Waals surface area (Å²) in [7, 11) is 2.13. The minimum Gasteiger partial charge on any atom is -0.477 e. The molecule has 0 aliphatic heterocycles. The van der Waals surface area contributed by atoms with Gasteiger partial charge in [-0.2, -0.15) is 0 Å². The fraction of sp³-hybridized carbons (Fsp3) is 0.409. The maximum Gasteiger partial charge on any atom is 0.310 e. The van der Waals surface area contributed by atoms with Gasteiger partial charge in [-0.15, -0.1) is 0 Å². The third kappa shape index (κ3) is 5.77. The van der Waals surface area contributed by atoms with Crippen LogP contribution in [0.15, 0.2) is 48.5 Å². The Bertz CT molecular complexity index is 849. The monoisotopic (exact) mass is 397 g/mol. The Kier molecular flexibility index (Phi) is 7.19. The Hall–Kier alpha value is -2.93. The lowest BCUT2D eigenvalue weighted by Gasteiger charge is -2.31. The van der Waals surface area contributed by atoms with Gasteiger partial charge >= 0.3 is 5.69 Å². The van der Waals surface area contributed by atoms with Crippen molar-refractivity contribution in [2.24, 2.45) is 0 Å². The van der Waals surface area contributed by atoms with Gasteiger partial charge in [0.05, 0.1) is 4.92 Å². The molecule has 154 valence electrons. The highest BCUT2D eigenvalue weighted by Crippen LogP contribution is 2.26. The average Bonchev–Trinajstić information content (AvgIpc) is 2.74. The molecule has 1 fully saturated rings. The molecule has 1 saturated carbocycles. The molecule has 0 heterocycles. The first-order valence-electron chi connectivity index (χ1n) is 9.99. The van der Waals surface area contributed by atoms with Crippen LogP contribution in [0, 0.1) is 10.1 Å². The molecule has 1 aliphatic rings. The summed E-state index contributed by atoms with van der Waals surface area (Å²) in [5.74, 6) is -0.270. The van der Waals surface area contributed by atoms with E-state index in [0.29, 0.717) is 6.04 Å². The highest BCUT2D eigenvalue weighted by atomic mass is 16.6. The summed E-state index contributed by atoms with van der Waals surface area (Å²) < 4.78 is 5.38. The molecule has 3 rings (SSSR count). The molecular formula is C22H27N3O4. The summed E-state index contributed by atoms with van der Waals surface area (Å²) >= 11 is 0. The molecule has 0 atom stereocenters. The zero-order chi connectivity index (χ0) is 20.6. The van der Waals surface area contributed by atoms with Crippen LogP contribution in [0.4, 0.5) is 11.4 Å². The van der Waals surface area contributed by atoms with E-state index in [1.807, 2.05) is 24.3 Å². The number of nitro groups is 1. The van der Waals surface area contributed by atoms with Gasteiger partial charge < -0.3 is 10.1 Å². The Morgan fingerprint density at radius 1 is 1.14 bits per heavy atom. The van der Waals surface area contributed by atoms with E-state index in [1.165, 1.54) is 44.2 Å². The molecule has 7 nitrogen and oxygen atoms in total. The SMILES string of the molecule is CN(Cc1ccccc1NC(=O)COc1ccccc1[N+](=O)[O-])C1CCCCC1. The molecular weight excluding hydrogens is 370 g/mol. The molecule has 0 aromatic heterocycles. The maximum atomic E-state index is 12.4. The number of para-hydroxylation sites is 3. The number of hydrogen-bond donors (Lipinski definition) is 1. The maximum absolute atomic E-state index is 12.4. The van der Waals surface area contributed by atoms with Gasteiger partial charge in [0.25, 0.3) is 5.91 Å². The number of carbonyl (C=O) groups is 1. The second-order valence-corrected chi connectivity index (χ2v) is 7.43. The van der Waals surface area contributed by atoms with Gasteiger partial charge in [-0.05, 0) is 37.6 Å². The largest absolute Gasteiger partial charge is 0.477 e. The number of amides is 1. The summed E-state index contributed by atoms with van der Waals surface area (Å²) in [6.45, 7) is 0.462. The first kappa shape index (κ1) is 20.8. The van der Waals surface area contributed by atoms with Gasteiger partial charge in [0.15, 0.2) is 12.4 Å². The van der Waals surface area contributed by atoms with Crippen molar-refractivity contribution in [1.82, 2.24) is 4.90 Å². The van der Waals surface area contributed by atoms with E-state index in [0.717, 1.165) is 17.8 Å². The minimum absolute atomic E-state index is 0.0815. The number of carbonyl (C=O) groups excluding carboxylic acids is 1. The molecule has 2 aromatic carbocycles. The summed E-state index contributed by atoms with van der Waals surface area (Å²) in [5.41, 5.74) is 1.63. The lowest BCUT2D eigenvalue weighted by Crippen LogP contribution is -2.33. The first-order chi connectivity index (χ1) is 14.0. The van der Waals surface area contributed by atoms with Crippen LogP contribution in [0.3, 0.4) is 0 Å². The number of hydrogen-bond acceptors (Lipinski definition) is 5. The summed E-state index contributed by atoms with van der Waals surface area (Å²) in [6, 6.07) is 14.3. The third-order valence-electron chi connectivity index (χ3n) is 5.33. The summed E-state index contributed by atoms with van der Waals surface area (Å²) in [6.07, 6.45) is 6.30. The number of benzene rings is 2. The highest BCUT2D eigenvalue weighted by Gasteiger charge is 2.19. The molecule has 2 aromatic rings. The van der Waals surface area contributed by atoms with E-state index in [4.69, 9.17) is 4.74 Å². The van der Waals surface area contributed by atoms with E-state index < -0.39 is 4.92 Å². The predicted octanol–water partition coefficient (Wildman–Crippen LogP) is 4.38. The van der Waals surface area contributed by atoms with E-state index in [9.17, 15) is 14.9 Å². The molecule has 0 saturated heterocycles. The van der Waals surface area contributed by atoms with Crippen LogP contribution in [0.2, 0.25) is 0 Å². The second-order valence-electron chi connectivity index (χ2n) is 7.43. The van der Waals surface area contributed by atoms with Crippen molar-refractivity contribution in [3.8, 4) is 5.75 Å². The van der Waals surface area contributed by atoms with Crippen LogP contribution in [0.5, 0.6) is 5.75 Å². The standard InChI is InChI=1S/C22H27N3O4/c1-24(18-10-3-2-4-11-18)15-17-9-5-6-12-19(17)23-22(26)16-29-21-14-8-7-13-20(21)25(27)28/h5-9,12-14,18H,2-4,10-11,15-16H2,1H3,(H,23,26). The van der Waals surface area contributed by atoms with Crippen LogP contribution < -0.4 is 10.1 Å². The van der Waals surface area contributed by atoms with Crippen LogP contribution in [0.1, 0.15) is 37.7 Å². The van der Waals surface area contributed by atoms with E-state index in [-0.39, 0.29) is 24.0 Å². The summed E-state index contributed by atoms with van der Waals surface area (Å²) in [5, 5.41) is 13.9. The molecule has 29 heavy (non-hydrogen) atoms. The lowest BCUT2D eigenvalue weighted by atomic mass is 9.94. The topological polar surface area (TPSA) is 84.7 Å². The molecule has 0 radical (unpaired) electrons. The lowest BCUT2D eigenvalue weighted by molar-refractivity contribution is -0.385. The van der Waals surface area contributed by atoms with Crippen molar-refractivity contribution in [3.05, 3.63) is 64.2 Å². The number of anilines is 1. The van der Waals surface area contributed by atoms with E-state index in [2.05, 4.69) is 17.3 Å². The average molecular weight is 397 g/mol. The zero-order valence-electron chi connectivity index (χ0n) is 16.7. The van der Waals surface area contributed by atoms with Crippen molar-refractivity contribution in [2.45, 2.75) is 44.7 Å². The van der Waals surface area contributed by atoms with Crippen LogP contribution in [-0.2, 0) is 11.3 Å². The number of nitro benzene ring substituents is 1. The molecule has 0 spiro atoms. The van der Waals surface area contributed by atoms with Crippen LogP contribution in [0.25, 0.3) is 0 Å². The van der Waals surface area contributed by atoms with Crippen molar-refractivity contribution in [1.29, 1.82) is 0 Å². The molecule has 1 aliphatic carbocycles. The van der Waals surface area contributed by atoms with Gasteiger partial charge in [0, 0.05) is 24.3 Å². The smallest absolute Gasteiger partial charge is 0.310 e. The molecule has 7 heteroatoms. The molecule has 1 amide bonds. The minimum atomic E-state index is -0.524.